The van der Waals surface area contributed by atoms with Gasteiger partial charge in [0.1, 0.15) is 11.5 Å². The Kier molecular flexibility index (Phi) is 2.75. The quantitative estimate of drug-likeness (QED) is 0.782. The van der Waals surface area contributed by atoms with Crippen molar-refractivity contribution in [2.45, 2.75) is 13.1 Å². The van der Waals surface area contributed by atoms with E-state index in [1.165, 1.54) is 23.3 Å². The first-order valence-electron chi connectivity index (χ1n) is 6.58. The van der Waals surface area contributed by atoms with Crippen molar-refractivity contribution in [2.75, 3.05) is 0 Å². The van der Waals surface area contributed by atoms with Crippen LogP contribution in [0.1, 0.15) is 11.1 Å². The van der Waals surface area contributed by atoms with Gasteiger partial charge in [-0.3, -0.25) is 0 Å². The fourth-order valence-corrected chi connectivity index (χ4v) is 2.38. The minimum atomic E-state index is -0.395. The summed E-state index contributed by atoms with van der Waals surface area (Å²) >= 11 is 0. The third-order valence-corrected chi connectivity index (χ3v) is 3.47. The van der Waals surface area contributed by atoms with E-state index in [-0.39, 0.29) is 0 Å². The molecule has 0 radical (unpaired) electrons. The van der Waals surface area contributed by atoms with Crippen molar-refractivity contribution in [1.29, 1.82) is 0 Å². The molecule has 3 heterocycles. The Morgan fingerprint density at radius 2 is 2.00 bits per heavy atom. The highest BCUT2D eigenvalue weighted by atomic mass is 19.1. The number of pyridine rings is 1. The zero-order chi connectivity index (χ0) is 14.2. The largest absolute Gasteiger partial charge is 0.334 e. The highest BCUT2D eigenvalue weighted by Crippen LogP contribution is 2.25. The lowest BCUT2D eigenvalue weighted by Crippen LogP contribution is -1.99. The number of hydrogen-bond acceptors (Lipinski definition) is 5. The highest BCUT2D eigenvalue weighted by molar-refractivity contribution is 5.59. The van der Waals surface area contributed by atoms with Crippen molar-refractivity contribution in [2.24, 2.45) is 0 Å². The first kappa shape index (κ1) is 12.2. The van der Waals surface area contributed by atoms with E-state index >= 15 is 0 Å². The van der Waals surface area contributed by atoms with Crippen LogP contribution >= 0.6 is 0 Å². The van der Waals surface area contributed by atoms with Crippen molar-refractivity contribution >= 4 is 0 Å². The van der Waals surface area contributed by atoms with E-state index in [0.29, 0.717) is 17.4 Å². The minimum Gasteiger partial charge on any atom is -0.334 e. The Labute approximate surface area is 119 Å². The second-order valence-corrected chi connectivity index (χ2v) is 4.87. The summed E-state index contributed by atoms with van der Waals surface area (Å²) in [6.07, 6.45) is 1.13. The Morgan fingerprint density at radius 3 is 2.86 bits per heavy atom. The second-order valence-electron chi connectivity index (χ2n) is 4.87. The lowest BCUT2D eigenvalue weighted by molar-refractivity contribution is 0.432. The molecule has 1 N–H and O–H groups in total. The molecule has 0 spiro atoms. The number of nitrogens with one attached hydrogen (secondary N) is 1. The van der Waals surface area contributed by atoms with Crippen molar-refractivity contribution in [1.82, 2.24) is 20.4 Å². The molecular formula is C15H11FN4O. The molecule has 0 atom stereocenters. The average Bonchev–Trinajstić information content (AvgIpc) is 3.16. The number of halogens is 1. The fraction of sp³-hybridized carbons (Fsp3) is 0.133. The summed E-state index contributed by atoms with van der Waals surface area (Å²) in [6.45, 7) is 1.74. The number of benzene rings is 1. The monoisotopic (exact) mass is 282 g/mol. The van der Waals surface area contributed by atoms with Gasteiger partial charge in [0.05, 0.1) is 6.20 Å². The molecule has 0 unspecified atom stereocenters. The van der Waals surface area contributed by atoms with Crippen LogP contribution in [0, 0.1) is 5.82 Å². The molecule has 1 aliphatic rings. The van der Waals surface area contributed by atoms with Crippen LogP contribution in [0.3, 0.4) is 0 Å². The average molecular weight is 282 g/mol. The summed E-state index contributed by atoms with van der Waals surface area (Å²) < 4.78 is 18.1. The van der Waals surface area contributed by atoms with Crippen molar-refractivity contribution in [3.63, 3.8) is 0 Å². The second kappa shape index (κ2) is 4.75. The summed E-state index contributed by atoms with van der Waals surface area (Å²) in [7, 11) is 0. The summed E-state index contributed by atoms with van der Waals surface area (Å²) in [5.74, 6) is 0.392. The van der Waals surface area contributed by atoms with Gasteiger partial charge in [-0.1, -0.05) is 11.2 Å². The van der Waals surface area contributed by atoms with Gasteiger partial charge in [0.15, 0.2) is 0 Å². The van der Waals surface area contributed by atoms with E-state index in [1.54, 1.807) is 0 Å². The Morgan fingerprint density at radius 1 is 1.10 bits per heavy atom. The van der Waals surface area contributed by atoms with Gasteiger partial charge in [-0.05, 0) is 35.4 Å². The first-order valence-corrected chi connectivity index (χ1v) is 6.58. The molecule has 1 aliphatic heterocycles. The van der Waals surface area contributed by atoms with E-state index in [1.807, 2.05) is 12.1 Å². The molecule has 0 saturated heterocycles. The van der Waals surface area contributed by atoms with Crippen LogP contribution in [-0.4, -0.2) is 15.1 Å². The van der Waals surface area contributed by atoms with Crippen molar-refractivity contribution < 1.29 is 8.91 Å². The molecule has 21 heavy (non-hydrogen) atoms. The molecule has 5 nitrogen and oxygen atoms in total. The molecule has 0 bridgehead atoms. The van der Waals surface area contributed by atoms with E-state index in [9.17, 15) is 4.39 Å². The highest BCUT2D eigenvalue weighted by Gasteiger charge is 2.15. The van der Waals surface area contributed by atoms with Gasteiger partial charge < -0.3 is 9.84 Å². The Bertz CT molecular complexity index is 798. The molecule has 0 fully saturated rings. The third-order valence-electron chi connectivity index (χ3n) is 3.47. The molecule has 0 amide bonds. The maximum atomic E-state index is 12.9. The van der Waals surface area contributed by atoms with Gasteiger partial charge in [0.2, 0.25) is 5.82 Å². The Hall–Kier alpha value is -2.60. The molecule has 0 aliphatic carbocycles. The lowest BCUT2D eigenvalue weighted by Gasteiger charge is -1.99. The van der Waals surface area contributed by atoms with Gasteiger partial charge in [-0.25, -0.2) is 9.37 Å². The van der Waals surface area contributed by atoms with E-state index in [2.05, 4.69) is 26.5 Å². The molecule has 4 rings (SSSR count). The number of fused-ring (bicyclic) bond motifs is 1. The summed E-state index contributed by atoms with van der Waals surface area (Å²) in [5.41, 5.74) is 3.89. The predicted octanol–water partition coefficient (Wildman–Crippen LogP) is 2.54. The molecular weight excluding hydrogens is 271 g/mol. The molecule has 6 heteroatoms. The topological polar surface area (TPSA) is 63.8 Å². The molecule has 104 valence electrons. The fourth-order valence-electron chi connectivity index (χ4n) is 2.38. The summed E-state index contributed by atoms with van der Waals surface area (Å²) in [6, 6.07) is 8.91. The third kappa shape index (κ3) is 2.19. The van der Waals surface area contributed by atoms with Crippen LogP contribution in [0.25, 0.3) is 23.0 Å². The number of rotatable bonds is 2. The van der Waals surface area contributed by atoms with Crippen LogP contribution < -0.4 is 5.32 Å². The summed E-state index contributed by atoms with van der Waals surface area (Å²) in [4.78, 5) is 8.27. The van der Waals surface area contributed by atoms with Gasteiger partial charge >= 0.3 is 0 Å². The lowest BCUT2D eigenvalue weighted by atomic mass is 10.1. The maximum Gasteiger partial charge on any atom is 0.258 e. The minimum absolute atomic E-state index is 0.351. The van der Waals surface area contributed by atoms with Gasteiger partial charge in [0.25, 0.3) is 5.89 Å². The van der Waals surface area contributed by atoms with Crippen LogP contribution in [0.5, 0.6) is 0 Å². The zero-order valence-electron chi connectivity index (χ0n) is 11.0. The van der Waals surface area contributed by atoms with Gasteiger partial charge in [-0.2, -0.15) is 4.98 Å². The van der Waals surface area contributed by atoms with Crippen LogP contribution in [0.15, 0.2) is 41.1 Å². The molecule has 2 aromatic heterocycles. The molecule has 1 aromatic carbocycles. The zero-order valence-corrected chi connectivity index (χ0v) is 11.0. The number of aromatic nitrogens is 3. The van der Waals surface area contributed by atoms with Crippen LogP contribution in [0.4, 0.5) is 4.39 Å². The van der Waals surface area contributed by atoms with E-state index in [4.69, 9.17) is 4.52 Å². The smallest absolute Gasteiger partial charge is 0.258 e. The SMILES string of the molecule is Fc1ccc(-c2noc(-c3ccc4c(c3)CNC4)n2)nc1. The van der Waals surface area contributed by atoms with Crippen molar-refractivity contribution in [3.05, 3.63) is 53.5 Å². The van der Waals surface area contributed by atoms with E-state index in [0.717, 1.165) is 24.8 Å². The Balaban J connectivity index is 1.69. The standard InChI is InChI=1S/C15H11FN4O/c16-12-3-4-13(18-8-12)14-19-15(21-20-14)9-1-2-10-6-17-7-11(10)5-9/h1-5,8,17H,6-7H2. The molecule has 0 saturated carbocycles. The first-order chi connectivity index (χ1) is 10.3. The van der Waals surface area contributed by atoms with Crippen molar-refractivity contribution in [3.8, 4) is 23.0 Å². The normalized spacial score (nSPS) is 13.4. The van der Waals surface area contributed by atoms with Gasteiger partial charge in [-0.15, -0.1) is 0 Å². The number of hydrogen-bond donors (Lipinski definition) is 1. The summed E-state index contributed by atoms with van der Waals surface area (Å²) in [5, 5.41) is 7.19. The maximum absolute atomic E-state index is 12.9. The number of nitrogens with zero attached hydrogens (tertiary/aromatic N) is 3. The van der Waals surface area contributed by atoms with Gasteiger partial charge in [0, 0.05) is 18.7 Å². The van der Waals surface area contributed by atoms with E-state index < -0.39 is 5.82 Å². The van der Waals surface area contributed by atoms with Crippen LogP contribution in [0.2, 0.25) is 0 Å². The van der Waals surface area contributed by atoms with Crippen LogP contribution in [-0.2, 0) is 13.1 Å². The molecule has 3 aromatic rings. The predicted molar refractivity (Wildman–Crippen MR) is 73.5 cm³/mol.